The SMILES string of the molecule is O=c1c2ccccc2n2c3ccc(-c4ccc5c(c4)c(=O)c4cccc6c(=O)c7ccccc7n5c64)cc3c(=O)c3cccc1c32. The van der Waals surface area contributed by atoms with Crippen molar-refractivity contribution < 1.29 is 0 Å². The van der Waals surface area contributed by atoms with Gasteiger partial charge >= 0.3 is 0 Å². The van der Waals surface area contributed by atoms with Gasteiger partial charge in [0.15, 0.2) is 21.7 Å². The van der Waals surface area contributed by atoms with Crippen LogP contribution in [0.3, 0.4) is 0 Å². The lowest BCUT2D eigenvalue weighted by Crippen LogP contribution is -2.14. The van der Waals surface area contributed by atoms with Gasteiger partial charge in [-0.3, -0.25) is 19.2 Å². The summed E-state index contributed by atoms with van der Waals surface area (Å²) in [6.45, 7) is 0. The van der Waals surface area contributed by atoms with Gasteiger partial charge in [0.25, 0.3) is 0 Å². The molecule has 214 valence electrons. The van der Waals surface area contributed by atoms with Gasteiger partial charge in [-0.1, -0.05) is 48.5 Å². The number of aromatic nitrogens is 2. The van der Waals surface area contributed by atoms with Crippen molar-refractivity contribution in [2.45, 2.75) is 0 Å². The molecule has 0 saturated carbocycles. The predicted molar refractivity (Wildman–Crippen MR) is 186 cm³/mol. The van der Waals surface area contributed by atoms with E-state index in [1.807, 2.05) is 93.7 Å². The van der Waals surface area contributed by atoms with Gasteiger partial charge in [-0.2, -0.15) is 0 Å². The minimum absolute atomic E-state index is 0.0929. The number of pyridine rings is 4. The van der Waals surface area contributed by atoms with Crippen molar-refractivity contribution in [1.82, 2.24) is 8.80 Å². The molecule has 0 aliphatic carbocycles. The number of rotatable bonds is 1. The second kappa shape index (κ2) is 8.61. The Balaban J connectivity index is 1.31. The zero-order chi connectivity index (χ0) is 30.8. The monoisotopic (exact) mass is 592 g/mol. The van der Waals surface area contributed by atoms with Gasteiger partial charge in [0.2, 0.25) is 0 Å². The van der Waals surface area contributed by atoms with Gasteiger partial charge in [0, 0.05) is 43.1 Å². The molecule has 0 aliphatic rings. The molecule has 0 unspecified atom stereocenters. The Hall–Kier alpha value is -6.40. The minimum Gasteiger partial charge on any atom is -0.308 e. The van der Waals surface area contributed by atoms with Gasteiger partial charge in [-0.05, 0) is 83.9 Å². The van der Waals surface area contributed by atoms with E-state index >= 15 is 0 Å². The molecule has 0 spiro atoms. The van der Waals surface area contributed by atoms with Crippen LogP contribution in [-0.4, -0.2) is 8.80 Å². The van der Waals surface area contributed by atoms with Crippen LogP contribution in [0.4, 0.5) is 0 Å². The molecule has 0 N–H and O–H groups in total. The summed E-state index contributed by atoms with van der Waals surface area (Å²) in [6, 6.07) is 37.1. The molecule has 0 saturated heterocycles. The van der Waals surface area contributed by atoms with Crippen molar-refractivity contribution in [3.63, 3.8) is 0 Å². The summed E-state index contributed by atoms with van der Waals surface area (Å²) in [4.78, 5) is 54.8. The minimum atomic E-state index is -0.151. The molecule has 0 fully saturated rings. The lowest BCUT2D eigenvalue weighted by Gasteiger charge is -2.16. The molecule has 0 radical (unpaired) electrons. The summed E-state index contributed by atoms with van der Waals surface area (Å²) < 4.78 is 4.03. The van der Waals surface area contributed by atoms with Crippen LogP contribution in [0, 0.1) is 0 Å². The summed E-state index contributed by atoms with van der Waals surface area (Å²) in [5.41, 5.74) is 5.23. The Morgan fingerprint density at radius 1 is 0.304 bits per heavy atom. The maximum absolute atomic E-state index is 14.0. The zero-order valence-electron chi connectivity index (χ0n) is 24.1. The molecule has 4 aromatic heterocycles. The molecule has 6 nitrogen and oxygen atoms in total. The van der Waals surface area contributed by atoms with Gasteiger partial charge in [0.1, 0.15) is 0 Å². The second-order valence-electron chi connectivity index (χ2n) is 11.9. The topological polar surface area (TPSA) is 77.1 Å². The van der Waals surface area contributed by atoms with Crippen molar-refractivity contribution in [1.29, 1.82) is 0 Å². The van der Waals surface area contributed by atoms with E-state index in [1.54, 1.807) is 36.4 Å². The van der Waals surface area contributed by atoms with Crippen LogP contribution in [0.15, 0.2) is 141 Å². The number of hydrogen-bond donors (Lipinski definition) is 0. The first kappa shape index (κ1) is 25.0. The van der Waals surface area contributed by atoms with Crippen molar-refractivity contribution in [2.75, 3.05) is 0 Å². The summed E-state index contributed by atoms with van der Waals surface area (Å²) in [5, 5.41) is 4.22. The number of benzene rings is 6. The third kappa shape index (κ3) is 3.00. The van der Waals surface area contributed by atoms with Gasteiger partial charge in [0.05, 0.1) is 33.1 Å². The van der Waals surface area contributed by atoms with Crippen molar-refractivity contribution >= 4 is 76.2 Å². The number of fused-ring (bicyclic) bond motifs is 8. The summed E-state index contributed by atoms with van der Waals surface area (Å²) in [6.07, 6.45) is 0. The average Bonchev–Trinajstić information content (AvgIpc) is 3.10. The third-order valence-corrected chi connectivity index (χ3v) is 9.57. The zero-order valence-corrected chi connectivity index (χ0v) is 24.1. The maximum atomic E-state index is 14.0. The average molecular weight is 593 g/mol. The number of nitrogens with zero attached hydrogens (tertiary/aromatic N) is 2. The molecular weight excluding hydrogens is 572 g/mol. The maximum Gasteiger partial charge on any atom is 0.197 e. The van der Waals surface area contributed by atoms with E-state index in [0.717, 1.165) is 22.2 Å². The van der Waals surface area contributed by atoms with E-state index in [9.17, 15) is 19.2 Å². The molecule has 10 aromatic rings. The van der Waals surface area contributed by atoms with Crippen molar-refractivity contribution in [2.24, 2.45) is 0 Å². The van der Waals surface area contributed by atoms with Crippen LogP contribution in [-0.2, 0) is 0 Å². The molecule has 0 bridgehead atoms. The summed E-state index contributed by atoms with van der Waals surface area (Å²) in [5.74, 6) is 0. The standard InChI is InChI=1S/C40H20N2O4/c43-37-23-7-1-3-13-31(23)41-33-17-15-21(19-29(33)39(45)27-11-5-9-25(37)35(27)41)22-16-18-34-30(20-22)40(46)28-12-6-10-26-36(28)42(34)32-14-4-2-8-24(32)38(26)44/h1-20H. The highest BCUT2D eigenvalue weighted by atomic mass is 16.1. The smallest absolute Gasteiger partial charge is 0.197 e. The Morgan fingerprint density at radius 2 is 0.630 bits per heavy atom. The quantitative estimate of drug-likeness (QED) is 0.151. The Morgan fingerprint density at radius 3 is 1.04 bits per heavy atom. The Bertz CT molecular complexity index is 3010. The first-order chi connectivity index (χ1) is 22.5. The normalized spacial score (nSPS) is 12.3. The van der Waals surface area contributed by atoms with Crippen molar-refractivity contribution in [3.05, 3.63) is 162 Å². The second-order valence-corrected chi connectivity index (χ2v) is 11.9. The van der Waals surface area contributed by atoms with Gasteiger partial charge < -0.3 is 8.80 Å². The van der Waals surface area contributed by atoms with Crippen LogP contribution in [0.2, 0.25) is 0 Å². The van der Waals surface area contributed by atoms with Crippen LogP contribution < -0.4 is 21.7 Å². The fourth-order valence-electron chi connectivity index (χ4n) is 7.53. The molecule has 0 atom stereocenters. The van der Waals surface area contributed by atoms with Gasteiger partial charge in [-0.25, -0.2) is 0 Å². The molecule has 0 aliphatic heterocycles. The Labute approximate surface area is 257 Å². The third-order valence-electron chi connectivity index (χ3n) is 9.57. The largest absolute Gasteiger partial charge is 0.308 e. The summed E-state index contributed by atoms with van der Waals surface area (Å²) in [7, 11) is 0. The first-order valence-electron chi connectivity index (χ1n) is 15.0. The Kier molecular flexibility index (Phi) is 4.68. The van der Waals surface area contributed by atoms with Crippen LogP contribution in [0.1, 0.15) is 0 Å². The van der Waals surface area contributed by atoms with E-state index in [0.29, 0.717) is 65.2 Å². The van der Waals surface area contributed by atoms with Crippen LogP contribution in [0.25, 0.3) is 87.3 Å². The summed E-state index contributed by atoms with van der Waals surface area (Å²) >= 11 is 0. The number of hydrogen-bond acceptors (Lipinski definition) is 4. The van der Waals surface area contributed by atoms with E-state index in [4.69, 9.17) is 0 Å². The molecule has 6 heteroatoms. The highest BCUT2D eigenvalue weighted by Crippen LogP contribution is 2.32. The first-order valence-corrected chi connectivity index (χ1v) is 15.0. The molecule has 4 heterocycles. The lowest BCUT2D eigenvalue weighted by atomic mass is 9.97. The molecule has 46 heavy (non-hydrogen) atoms. The molecule has 6 aromatic carbocycles. The predicted octanol–water partition coefficient (Wildman–Crippen LogP) is 7.09. The van der Waals surface area contributed by atoms with Crippen LogP contribution in [0.5, 0.6) is 0 Å². The fraction of sp³-hybridized carbons (Fsp3) is 0. The van der Waals surface area contributed by atoms with E-state index in [1.165, 1.54) is 0 Å². The highest BCUT2D eigenvalue weighted by Gasteiger charge is 2.19. The van der Waals surface area contributed by atoms with Crippen LogP contribution >= 0.6 is 0 Å². The van der Waals surface area contributed by atoms with Crippen molar-refractivity contribution in [3.8, 4) is 11.1 Å². The van der Waals surface area contributed by atoms with Gasteiger partial charge in [-0.15, -0.1) is 0 Å². The number of para-hydroxylation sites is 4. The fourth-order valence-corrected chi connectivity index (χ4v) is 7.53. The molecular formula is C40H20N2O4. The highest BCUT2D eigenvalue weighted by molar-refractivity contribution is 6.10. The van der Waals surface area contributed by atoms with E-state index in [-0.39, 0.29) is 21.7 Å². The van der Waals surface area contributed by atoms with E-state index in [2.05, 4.69) is 0 Å². The molecule has 10 rings (SSSR count). The van der Waals surface area contributed by atoms with E-state index < -0.39 is 0 Å². The molecule has 0 amide bonds. The lowest BCUT2D eigenvalue weighted by molar-refractivity contribution is 1.30.